The van der Waals surface area contributed by atoms with Gasteiger partial charge in [-0.1, -0.05) is 6.42 Å². The van der Waals surface area contributed by atoms with Crippen LogP contribution in [0.5, 0.6) is 0 Å². The van der Waals surface area contributed by atoms with Gasteiger partial charge in [-0.15, -0.1) is 0 Å². The van der Waals surface area contributed by atoms with E-state index in [9.17, 15) is 8.42 Å². The summed E-state index contributed by atoms with van der Waals surface area (Å²) < 4.78 is 22.9. The molecule has 1 fully saturated rings. The van der Waals surface area contributed by atoms with Gasteiger partial charge in [-0.25, -0.2) is 8.42 Å². The average molecular weight is 233 g/mol. The second-order valence-corrected chi connectivity index (χ2v) is 7.38. The standard InChI is InChI=1S/C11H23NO2S/c1-10(2)15(13,14)9-5-3-4-8-12-11-6-7-11/h10-12H,3-9H2,1-2H3. The fraction of sp³-hybridized carbons (Fsp3) is 1.00. The van der Waals surface area contributed by atoms with E-state index in [0.29, 0.717) is 5.75 Å². The molecule has 0 aliphatic heterocycles. The molecular weight excluding hydrogens is 210 g/mol. The highest BCUT2D eigenvalue weighted by Crippen LogP contribution is 2.18. The van der Waals surface area contributed by atoms with Gasteiger partial charge in [-0.2, -0.15) is 0 Å². The molecule has 1 aliphatic carbocycles. The Balaban J connectivity index is 1.95. The maximum Gasteiger partial charge on any atom is 0.152 e. The van der Waals surface area contributed by atoms with E-state index in [1.165, 1.54) is 12.8 Å². The molecule has 1 rings (SSSR count). The Morgan fingerprint density at radius 2 is 1.87 bits per heavy atom. The molecule has 0 aromatic carbocycles. The van der Waals surface area contributed by atoms with Crippen LogP contribution in [-0.2, 0) is 9.84 Å². The highest BCUT2D eigenvalue weighted by molar-refractivity contribution is 7.91. The van der Waals surface area contributed by atoms with Crippen LogP contribution >= 0.6 is 0 Å². The monoisotopic (exact) mass is 233 g/mol. The van der Waals surface area contributed by atoms with Crippen molar-refractivity contribution < 1.29 is 8.42 Å². The zero-order chi connectivity index (χ0) is 11.3. The molecule has 1 N–H and O–H groups in total. The van der Waals surface area contributed by atoms with E-state index in [4.69, 9.17) is 0 Å². The van der Waals surface area contributed by atoms with E-state index < -0.39 is 9.84 Å². The Bertz CT molecular complexity index is 268. The van der Waals surface area contributed by atoms with E-state index in [0.717, 1.165) is 31.8 Å². The molecule has 15 heavy (non-hydrogen) atoms. The van der Waals surface area contributed by atoms with Gasteiger partial charge >= 0.3 is 0 Å². The van der Waals surface area contributed by atoms with Gasteiger partial charge in [0.15, 0.2) is 9.84 Å². The van der Waals surface area contributed by atoms with Crippen molar-refractivity contribution in [2.24, 2.45) is 0 Å². The number of sulfone groups is 1. The number of hydrogen-bond donors (Lipinski definition) is 1. The van der Waals surface area contributed by atoms with E-state index in [-0.39, 0.29) is 5.25 Å². The van der Waals surface area contributed by atoms with Crippen molar-refractivity contribution in [2.45, 2.75) is 57.2 Å². The highest BCUT2D eigenvalue weighted by atomic mass is 32.2. The van der Waals surface area contributed by atoms with Gasteiger partial charge in [0.2, 0.25) is 0 Å². The van der Waals surface area contributed by atoms with Crippen LogP contribution in [0, 0.1) is 0 Å². The van der Waals surface area contributed by atoms with Crippen LogP contribution in [0.3, 0.4) is 0 Å². The SMILES string of the molecule is CC(C)S(=O)(=O)CCCCCNC1CC1. The van der Waals surface area contributed by atoms with Gasteiger partial charge in [-0.05, 0) is 46.1 Å². The van der Waals surface area contributed by atoms with E-state index >= 15 is 0 Å². The van der Waals surface area contributed by atoms with Gasteiger partial charge in [0.05, 0.1) is 11.0 Å². The van der Waals surface area contributed by atoms with Gasteiger partial charge in [0.25, 0.3) is 0 Å². The van der Waals surface area contributed by atoms with Crippen molar-refractivity contribution in [1.82, 2.24) is 5.32 Å². The fourth-order valence-electron chi connectivity index (χ4n) is 1.43. The first-order valence-corrected chi connectivity index (χ1v) is 7.69. The molecule has 4 heteroatoms. The summed E-state index contributed by atoms with van der Waals surface area (Å²) in [6.07, 6.45) is 5.58. The molecule has 0 aromatic heterocycles. The Hall–Kier alpha value is -0.0900. The largest absolute Gasteiger partial charge is 0.314 e. The third kappa shape index (κ3) is 5.52. The normalized spacial score (nSPS) is 17.3. The Labute approximate surface area is 93.6 Å². The average Bonchev–Trinajstić information content (AvgIpc) is 2.94. The lowest BCUT2D eigenvalue weighted by molar-refractivity contribution is 0.575. The molecule has 1 saturated carbocycles. The summed E-state index contributed by atoms with van der Waals surface area (Å²) in [5.41, 5.74) is 0. The van der Waals surface area contributed by atoms with E-state index in [1.807, 2.05) is 0 Å². The molecule has 0 saturated heterocycles. The molecule has 90 valence electrons. The summed E-state index contributed by atoms with van der Waals surface area (Å²) >= 11 is 0. The topological polar surface area (TPSA) is 46.2 Å². The molecule has 0 atom stereocenters. The summed E-state index contributed by atoms with van der Waals surface area (Å²) in [6.45, 7) is 4.56. The summed E-state index contributed by atoms with van der Waals surface area (Å²) in [7, 11) is -2.81. The molecule has 0 heterocycles. The first kappa shape index (κ1) is 13.0. The maximum absolute atomic E-state index is 11.5. The molecule has 1 aliphatic rings. The zero-order valence-electron chi connectivity index (χ0n) is 9.83. The summed E-state index contributed by atoms with van der Waals surface area (Å²) in [4.78, 5) is 0. The van der Waals surface area contributed by atoms with Gasteiger partial charge < -0.3 is 5.32 Å². The number of unbranched alkanes of at least 4 members (excludes halogenated alkanes) is 2. The number of rotatable bonds is 8. The zero-order valence-corrected chi connectivity index (χ0v) is 10.6. The molecule has 0 radical (unpaired) electrons. The lowest BCUT2D eigenvalue weighted by Gasteiger charge is -2.07. The van der Waals surface area contributed by atoms with Gasteiger partial charge in [-0.3, -0.25) is 0 Å². The van der Waals surface area contributed by atoms with Crippen LogP contribution in [0.4, 0.5) is 0 Å². The van der Waals surface area contributed by atoms with Crippen molar-refractivity contribution in [3.63, 3.8) is 0 Å². The fourth-order valence-corrected chi connectivity index (χ4v) is 2.51. The quantitative estimate of drug-likeness (QED) is 0.649. The predicted molar refractivity (Wildman–Crippen MR) is 63.8 cm³/mol. The molecule has 0 unspecified atom stereocenters. The molecule has 0 aromatic rings. The van der Waals surface area contributed by atoms with Crippen molar-refractivity contribution in [2.75, 3.05) is 12.3 Å². The molecular formula is C11H23NO2S. The lowest BCUT2D eigenvalue weighted by atomic mass is 10.2. The minimum Gasteiger partial charge on any atom is -0.314 e. The molecule has 0 spiro atoms. The van der Waals surface area contributed by atoms with Crippen molar-refractivity contribution >= 4 is 9.84 Å². The van der Waals surface area contributed by atoms with E-state index in [1.54, 1.807) is 13.8 Å². The minimum atomic E-state index is -2.81. The summed E-state index contributed by atoms with van der Waals surface area (Å²) in [5.74, 6) is 0.355. The number of nitrogens with one attached hydrogen (secondary N) is 1. The van der Waals surface area contributed by atoms with Crippen molar-refractivity contribution in [3.8, 4) is 0 Å². The minimum absolute atomic E-state index is 0.220. The van der Waals surface area contributed by atoms with Gasteiger partial charge in [0.1, 0.15) is 0 Å². The lowest BCUT2D eigenvalue weighted by Crippen LogP contribution is -2.19. The van der Waals surface area contributed by atoms with Crippen LogP contribution in [0.2, 0.25) is 0 Å². The van der Waals surface area contributed by atoms with Gasteiger partial charge in [0, 0.05) is 6.04 Å². The van der Waals surface area contributed by atoms with Crippen molar-refractivity contribution in [3.05, 3.63) is 0 Å². The third-order valence-corrected chi connectivity index (χ3v) is 5.13. The first-order chi connectivity index (χ1) is 7.02. The number of hydrogen-bond acceptors (Lipinski definition) is 3. The predicted octanol–water partition coefficient (Wildman–Crippen LogP) is 1.73. The smallest absolute Gasteiger partial charge is 0.152 e. The third-order valence-electron chi connectivity index (χ3n) is 2.83. The Morgan fingerprint density at radius 3 is 2.40 bits per heavy atom. The second kappa shape index (κ2) is 5.85. The van der Waals surface area contributed by atoms with Crippen LogP contribution in [0.1, 0.15) is 46.0 Å². The second-order valence-electron chi connectivity index (χ2n) is 4.70. The highest BCUT2D eigenvalue weighted by Gasteiger charge is 2.19. The molecule has 0 bridgehead atoms. The first-order valence-electron chi connectivity index (χ1n) is 5.97. The van der Waals surface area contributed by atoms with Crippen LogP contribution < -0.4 is 5.32 Å². The summed E-state index contributed by atoms with van der Waals surface area (Å²) in [5, 5.41) is 3.21. The summed E-state index contributed by atoms with van der Waals surface area (Å²) in [6, 6.07) is 0.768. The van der Waals surface area contributed by atoms with Crippen molar-refractivity contribution in [1.29, 1.82) is 0 Å². The van der Waals surface area contributed by atoms with Crippen LogP contribution in [0.25, 0.3) is 0 Å². The Morgan fingerprint density at radius 1 is 1.20 bits per heavy atom. The van der Waals surface area contributed by atoms with Crippen LogP contribution in [-0.4, -0.2) is 32.0 Å². The molecule has 3 nitrogen and oxygen atoms in total. The Kier molecular flexibility index (Phi) is 5.06. The van der Waals surface area contributed by atoms with E-state index in [2.05, 4.69) is 5.32 Å². The van der Waals surface area contributed by atoms with Crippen LogP contribution in [0.15, 0.2) is 0 Å². The molecule has 0 amide bonds. The maximum atomic E-state index is 11.5.